The van der Waals surface area contributed by atoms with E-state index in [-0.39, 0.29) is 0 Å². The summed E-state index contributed by atoms with van der Waals surface area (Å²) < 4.78 is 131. The smallest absolute Gasteiger partial charge is 0.230 e. The summed E-state index contributed by atoms with van der Waals surface area (Å²) >= 11 is 0. The second-order valence-corrected chi connectivity index (χ2v) is 3.15. The molecular weight excluding hydrogens is 281 g/mol. The maximum atomic E-state index is 12.7. The summed E-state index contributed by atoms with van der Waals surface area (Å²) in [6.45, 7) is -1.16. The van der Waals surface area contributed by atoms with Crippen molar-refractivity contribution < 1.29 is 48.3 Å². The topological polar surface area (TPSA) is 0 Å². The largest absolute Gasteiger partial charge is 0.457 e. The highest BCUT2D eigenvalue weighted by Crippen LogP contribution is 2.56. The molecule has 0 heterocycles. The van der Waals surface area contributed by atoms with Gasteiger partial charge in [0.2, 0.25) is 0 Å². The summed E-state index contributed by atoms with van der Waals surface area (Å²) in [5.41, 5.74) is -6.16. The van der Waals surface area contributed by atoms with E-state index in [0.29, 0.717) is 0 Å². The molecule has 0 aromatic carbocycles. The number of halogens is 11. The van der Waals surface area contributed by atoms with Crippen molar-refractivity contribution in [3.8, 4) is 0 Å². The van der Waals surface area contributed by atoms with Crippen molar-refractivity contribution in [1.29, 1.82) is 0 Å². The highest BCUT2D eigenvalue weighted by atomic mass is 19.4. The molecule has 0 aliphatic heterocycles. The van der Waals surface area contributed by atoms with Crippen LogP contribution < -0.4 is 0 Å². The SMILES string of the molecule is CC(F)(C(F)(F)C(F)(F)F)C(F)(F)C(F)(F)F. The molecule has 11 heteroatoms. The zero-order valence-electron chi connectivity index (χ0n) is 7.66. The summed E-state index contributed by atoms with van der Waals surface area (Å²) in [6.07, 6.45) is -13.8. The van der Waals surface area contributed by atoms with E-state index in [1.165, 1.54) is 0 Å². The fourth-order valence-electron chi connectivity index (χ4n) is 0.730. The Morgan fingerprint density at radius 3 is 0.765 bits per heavy atom. The summed E-state index contributed by atoms with van der Waals surface area (Å²) in [4.78, 5) is 0. The van der Waals surface area contributed by atoms with Gasteiger partial charge in [-0.25, -0.2) is 4.39 Å². The van der Waals surface area contributed by atoms with Crippen LogP contribution in [0.4, 0.5) is 48.3 Å². The highest BCUT2D eigenvalue weighted by molar-refractivity contribution is 5.07. The van der Waals surface area contributed by atoms with Gasteiger partial charge < -0.3 is 0 Å². The first-order valence-electron chi connectivity index (χ1n) is 3.58. The van der Waals surface area contributed by atoms with Gasteiger partial charge in [0.25, 0.3) is 5.67 Å². The number of rotatable bonds is 2. The second kappa shape index (κ2) is 3.61. The number of alkyl halides is 11. The monoisotopic (exact) mass is 284 g/mol. The third-order valence-corrected chi connectivity index (χ3v) is 1.89. The van der Waals surface area contributed by atoms with E-state index in [4.69, 9.17) is 0 Å². The van der Waals surface area contributed by atoms with Crippen molar-refractivity contribution in [3.63, 3.8) is 0 Å². The first-order chi connectivity index (χ1) is 7.00. The molecule has 0 atom stereocenters. The predicted molar refractivity (Wildman–Crippen MR) is 31.5 cm³/mol. The molecule has 17 heavy (non-hydrogen) atoms. The molecular formula is C6H3F11. The van der Waals surface area contributed by atoms with Gasteiger partial charge in [-0.3, -0.25) is 0 Å². The first kappa shape index (κ1) is 16.2. The average Bonchev–Trinajstić information content (AvgIpc) is 1.98. The summed E-state index contributed by atoms with van der Waals surface area (Å²) in [6, 6.07) is 0. The lowest BCUT2D eigenvalue weighted by molar-refractivity contribution is -0.402. The zero-order chi connectivity index (χ0) is 14.5. The molecule has 0 nitrogen and oxygen atoms in total. The molecule has 0 bridgehead atoms. The Labute approximate surface area is 86.4 Å². The fraction of sp³-hybridized carbons (Fsp3) is 1.00. The molecule has 0 saturated carbocycles. The Morgan fingerprint density at radius 2 is 0.647 bits per heavy atom. The predicted octanol–water partition coefficient (Wildman–Crippen LogP) is 4.11. The van der Waals surface area contributed by atoms with Crippen molar-refractivity contribution in [2.75, 3.05) is 0 Å². The van der Waals surface area contributed by atoms with Gasteiger partial charge in [-0.2, -0.15) is 43.9 Å². The van der Waals surface area contributed by atoms with E-state index >= 15 is 0 Å². The summed E-state index contributed by atoms with van der Waals surface area (Å²) in [5, 5.41) is 0. The quantitative estimate of drug-likeness (QED) is 0.669. The molecule has 0 spiro atoms. The molecule has 0 aliphatic carbocycles. The van der Waals surface area contributed by atoms with Crippen LogP contribution in [-0.4, -0.2) is 29.9 Å². The van der Waals surface area contributed by atoms with Crippen molar-refractivity contribution in [2.24, 2.45) is 0 Å². The summed E-state index contributed by atoms with van der Waals surface area (Å²) in [5.74, 6) is -13.7. The van der Waals surface area contributed by atoms with Crippen LogP contribution in [-0.2, 0) is 0 Å². The lowest BCUT2D eigenvalue weighted by Gasteiger charge is -2.37. The Kier molecular flexibility index (Phi) is 3.45. The Hall–Kier alpha value is -0.770. The van der Waals surface area contributed by atoms with Crippen LogP contribution in [0.5, 0.6) is 0 Å². The molecule has 104 valence electrons. The van der Waals surface area contributed by atoms with E-state index in [2.05, 4.69) is 0 Å². The lowest BCUT2D eigenvalue weighted by Crippen LogP contribution is -2.66. The Balaban J connectivity index is 5.73. The van der Waals surface area contributed by atoms with Crippen molar-refractivity contribution in [1.82, 2.24) is 0 Å². The second-order valence-electron chi connectivity index (χ2n) is 3.15. The molecule has 0 aromatic rings. The van der Waals surface area contributed by atoms with E-state index in [1.54, 1.807) is 0 Å². The van der Waals surface area contributed by atoms with Crippen LogP contribution in [0, 0.1) is 0 Å². The van der Waals surface area contributed by atoms with E-state index < -0.39 is 36.8 Å². The van der Waals surface area contributed by atoms with E-state index in [1.807, 2.05) is 0 Å². The molecule has 0 amide bonds. The maximum absolute atomic E-state index is 12.7. The standard InChI is InChI=1S/C6H3F11/c1-2(7,3(8,9)5(12,13)14)4(10,11)6(15,16)17/h1H3. The van der Waals surface area contributed by atoms with Gasteiger partial charge >= 0.3 is 24.2 Å². The van der Waals surface area contributed by atoms with Crippen molar-refractivity contribution >= 4 is 0 Å². The van der Waals surface area contributed by atoms with Gasteiger partial charge in [0.15, 0.2) is 0 Å². The van der Waals surface area contributed by atoms with Gasteiger partial charge in [-0.15, -0.1) is 0 Å². The molecule has 0 aliphatic rings. The minimum Gasteiger partial charge on any atom is -0.230 e. The molecule has 0 radical (unpaired) electrons. The van der Waals surface area contributed by atoms with Gasteiger partial charge in [0.1, 0.15) is 0 Å². The minimum atomic E-state index is -6.88. The first-order valence-corrected chi connectivity index (χ1v) is 3.58. The third kappa shape index (κ3) is 2.15. The lowest BCUT2D eigenvalue weighted by atomic mass is 9.91. The number of hydrogen-bond acceptors (Lipinski definition) is 0. The van der Waals surface area contributed by atoms with Crippen LogP contribution >= 0.6 is 0 Å². The van der Waals surface area contributed by atoms with Crippen molar-refractivity contribution in [3.05, 3.63) is 0 Å². The fourth-order valence-corrected chi connectivity index (χ4v) is 0.730. The van der Waals surface area contributed by atoms with Crippen LogP contribution in [0.3, 0.4) is 0 Å². The maximum Gasteiger partial charge on any atom is 0.457 e. The Bertz CT molecular complexity index is 251. The van der Waals surface area contributed by atoms with E-state index in [9.17, 15) is 48.3 Å². The van der Waals surface area contributed by atoms with Gasteiger partial charge in [0, 0.05) is 0 Å². The summed E-state index contributed by atoms with van der Waals surface area (Å²) in [7, 11) is 0. The van der Waals surface area contributed by atoms with E-state index in [0.717, 1.165) is 0 Å². The normalized spacial score (nSPS) is 16.2. The van der Waals surface area contributed by atoms with Gasteiger partial charge in [-0.1, -0.05) is 0 Å². The third-order valence-electron chi connectivity index (χ3n) is 1.89. The van der Waals surface area contributed by atoms with Crippen LogP contribution in [0.2, 0.25) is 0 Å². The zero-order valence-corrected chi connectivity index (χ0v) is 7.66. The van der Waals surface area contributed by atoms with Crippen LogP contribution in [0.25, 0.3) is 0 Å². The molecule has 0 aromatic heterocycles. The minimum absolute atomic E-state index is 1.16. The molecule has 0 rings (SSSR count). The molecule has 0 N–H and O–H groups in total. The van der Waals surface area contributed by atoms with Crippen molar-refractivity contribution in [2.45, 2.75) is 36.8 Å². The Morgan fingerprint density at radius 1 is 0.471 bits per heavy atom. The van der Waals surface area contributed by atoms with Crippen LogP contribution in [0.15, 0.2) is 0 Å². The highest BCUT2D eigenvalue weighted by Gasteiger charge is 2.84. The van der Waals surface area contributed by atoms with Crippen LogP contribution in [0.1, 0.15) is 6.92 Å². The molecule has 0 unspecified atom stereocenters. The number of hydrogen-bond donors (Lipinski definition) is 0. The average molecular weight is 284 g/mol. The molecule has 0 fully saturated rings. The van der Waals surface area contributed by atoms with Gasteiger partial charge in [0.05, 0.1) is 0 Å². The molecule has 0 saturated heterocycles. The van der Waals surface area contributed by atoms with Gasteiger partial charge in [-0.05, 0) is 6.92 Å².